The Labute approximate surface area is 124 Å². The van der Waals surface area contributed by atoms with Gasteiger partial charge in [-0.25, -0.2) is 0 Å². The minimum atomic E-state index is -1.60. The van der Waals surface area contributed by atoms with Crippen molar-refractivity contribution in [1.29, 1.82) is 0 Å². The summed E-state index contributed by atoms with van der Waals surface area (Å²) in [6, 6.07) is 10.4. The van der Waals surface area contributed by atoms with Gasteiger partial charge in [0.25, 0.3) is 0 Å². The van der Waals surface area contributed by atoms with Crippen LogP contribution in [0.5, 0.6) is 0 Å². The zero-order chi connectivity index (χ0) is 14.4. The Hall–Kier alpha value is -1.09. The largest absolute Gasteiger partial charge is 0.466 e. The second-order valence-corrected chi connectivity index (χ2v) is 11.1. The molecule has 0 bridgehead atoms. The molecule has 1 saturated carbocycles. The Bertz CT molecular complexity index is 428. The van der Waals surface area contributed by atoms with Crippen molar-refractivity contribution in [2.24, 2.45) is 5.92 Å². The van der Waals surface area contributed by atoms with Gasteiger partial charge in [0.2, 0.25) is 6.61 Å². The van der Waals surface area contributed by atoms with E-state index >= 15 is 0 Å². The molecule has 0 spiro atoms. The molecule has 0 heterocycles. The minimum Gasteiger partial charge on any atom is -0.411 e. The van der Waals surface area contributed by atoms with Crippen molar-refractivity contribution in [2.45, 2.75) is 58.4 Å². The van der Waals surface area contributed by atoms with Crippen LogP contribution >= 0.6 is 0 Å². The van der Waals surface area contributed by atoms with Crippen molar-refractivity contribution in [3.05, 3.63) is 35.9 Å². The third-order valence-corrected chi connectivity index (χ3v) is 4.38. The molecule has 0 aromatic heterocycles. The van der Waals surface area contributed by atoms with Crippen LogP contribution < -0.4 is 0 Å². The van der Waals surface area contributed by atoms with Gasteiger partial charge in [0.15, 0.2) is 0 Å². The van der Waals surface area contributed by atoms with Crippen molar-refractivity contribution in [3.63, 3.8) is 0 Å². The van der Waals surface area contributed by atoms with Gasteiger partial charge in [0.1, 0.15) is 5.92 Å². The number of carbonyl (C=O) groups excluding carboxylic acids is 1. The van der Waals surface area contributed by atoms with Gasteiger partial charge in [-0.2, -0.15) is 0 Å². The molecular formula is C17H27O2Si+. The van der Waals surface area contributed by atoms with Crippen molar-refractivity contribution < 1.29 is 8.85 Å². The van der Waals surface area contributed by atoms with Crippen LogP contribution in [0.2, 0.25) is 19.6 Å². The predicted molar refractivity (Wildman–Crippen MR) is 86.2 cm³/mol. The third kappa shape index (κ3) is 5.12. The van der Waals surface area contributed by atoms with Gasteiger partial charge in [0, 0.05) is 5.56 Å². The van der Waals surface area contributed by atoms with Crippen molar-refractivity contribution >= 4 is 14.3 Å². The van der Waals surface area contributed by atoms with E-state index in [1.807, 2.05) is 6.07 Å². The smallest absolute Gasteiger partial charge is 0.411 e. The molecule has 1 aromatic carbocycles. The molecule has 1 aromatic rings. The van der Waals surface area contributed by atoms with E-state index < -0.39 is 8.32 Å². The minimum absolute atomic E-state index is 0.499. The summed E-state index contributed by atoms with van der Waals surface area (Å²) in [5.74, 6) is 1.41. The van der Waals surface area contributed by atoms with Gasteiger partial charge >= 0.3 is 14.3 Å². The SMILES string of the molecule is C[Si](C)(C)OC(=[O+]Cc1ccccc1)C1CCCCC1. The summed E-state index contributed by atoms with van der Waals surface area (Å²) in [4.78, 5) is 0. The standard InChI is InChI=1S/C17H27O2Si/c1-20(2,3)19-17(16-12-8-5-9-13-16)18-14-15-10-6-4-7-11-15/h4,6-7,10-11,16H,5,8-9,12-14H2,1-3H3/q+1. The highest BCUT2D eigenvalue weighted by Gasteiger charge is 2.37. The highest BCUT2D eigenvalue weighted by Crippen LogP contribution is 2.26. The van der Waals surface area contributed by atoms with Crippen molar-refractivity contribution in [2.75, 3.05) is 0 Å². The van der Waals surface area contributed by atoms with Crippen LogP contribution in [0, 0.1) is 5.92 Å². The molecule has 1 aliphatic carbocycles. The van der Waals surface area contributed by atoms with Gasteiger partial charge in [0.05, 0.1) is 0 Å². The summed E-state index contributed by atoms with van der Waals surface area (Å²) in [5.41, 5.74) is 1.21. The van der Waals surface area contributed by atoms with Crippen LogP contribution in [0.3, 0.4) is 0 Å². The average Bonchev–Trinajstić information content (AvgIpc) is 2.44. The van der Waals surface area contributed by atoms with Gasteiger partial charge in [-0.05, 0) is 32.5 Å². The number of rotatable bonds is 4. The highest BCUT2D eigenvalue weighted by atomic mass is 28.4. The molecule has 0 amide bonds. The Balaban J connectivity index is 2.08. The van der Waals surface area contributed by atoms with Crippen LogP contribution in [-0.4, -0.2) is 14.3 Å². The monoisotopic (exact) mass is 291 g/mol. The van der Waals surface area contributed by atoms with Crippen LogP contribution in [0.15, 0.2) is 30.3 Å². The van der Waals surface area contributed by atoms with Crippen LogP contribution in [0.1, 0.15) is 37.7 Å². The van der Waals surface area contributed by atoms with Gasteiger partial charge in [-0.1, -0.05) is 49.6 Å². The fraction of sp³-hybridized carbons (Fsp3) is 0.588. The first kappa shape index (κ1) is 15.3. The summed E-state index contributed by atoms with van der Waals surface area (Å²) >= 11 is 0. The number of benzene rings is 1. The first-order valence-corrected chi connectivity index (χ1v) is 11.2. The number of hydrogen-bond acceptors (Lipinski definition) is 1. The first-order chi connectivity index (χ1) is 9.54. The molecule has 0 atom stereocenters. The molecule has 1 aliphatic rings. The van der Waals surface area contributed by atoms with E-state index in [-0.39, 0.29) is 0 Å². The zero-order valence-corrected chi connectivity index (χ0v) is 14.0. The second kappa shape index (κ2) is 7.07. The Morgan fingerprint density at radius 1 is 1.10 bits per heavy atom. The van der Waals surface area contributed by atoms with Crippen LogP contribution in [0.4, 0.5) is 0 Å². The second-order valence-electron chi connectivity index (χ2n) is 6.64. The molecule has 0 unspecified atom stereocenters. The van der Waals surface area contributed by atoms with E-state index in [0.29, 0.717) is 12.5 Å². The van der Waals surface area contributed by atoms with Crippen LogP contribution in [0.25, 0.3) is 0 Å². The molecule has 2 rings (SSSR count). The maximum atomic E-state index is 6.23. The van der Waals surface area contributed by atoms with E-state index in [2.05, 4.69) is 43.9 Å². The van der Waals surface area contributed by atoms with E-state index in [4.69, 9.17) is 8.85 Å². The molecule has 3 heteroatoms. The van der Waals surface area contributed by atoms with E-state index in [0.717, 1.165) is 5.97 Å². The van der Waals surface area contributed by atoms with Crippen LogP contribution in [-0.2, 0) is 15.5 Å². The maximum Gasteiger partial charge on any atom is 0.466 e. The normalized spacial score (nSPS) is 18.1. The molecular weight excluding hydrogens is 264 g/mol. The fourth-order valence-electron chi connectivity index (χ4n) is 2.60. The zero-order valence-electron chi connectivity index (χ0n) is 13.0. The van der Waals surface area contributed by atoms with E-state index in [1.165, 1.54) is 37.7 Å². The lowest BCUT2D eigenvalue weighted by Crippen LogP contribution is -2.34. The molecule has 110 valence electrons. The lowest BCUT2D eigenvalue weighted by atomic mass is 9.89. The van der Waals surface area contributed by atoms with Gasteiger partial charge in [-0.3, -0.25) is 0 Å². The Morgan fingerprint density at radius 2 is 1.75 bits per heavy atom. The molecule has 0 N–H and O–H groups in total. The Morgan fingerprint density at radius 3 is 2.35 bits per heavy atom. The third-order valence-electron chi connectivity index (χ3n) is 3.57. The predicted octanol–water partition coefficient (Wildman–Crippen LogP) is 4.68. The molecule has 20 heavy (non-hydrogen) atoms. The Kier molecular flexibility index (Phi) is 5.41. The lowest BCUT2D eigenvalue weighted by Gasteiger charge is -2.20. The lowest BCUT2D eigenvalue weighted by molar-refractivity contribution is -0.486. The molecule has 2 nitrogen and oxygen atoms in total. The maximum absolute atomic E-state index is 6.23. The molecule has 0 saturated heterocycles. The topological polar surface area (TPSA) is 20.5 Å². The van der Waals surface area contributed by atoms with Crippen molar-refractivity contribution in [3.8, 4) is 0 Å². The van der Waals surface area contributed by atoms with Gasteiger partial charge in [-0.15, -0.1) is 0 Å². The first-order valence-electron chi connectivity index (χ1n) is 7.77. The van der Waals surface area contributed by atoms with E-state index in [1.54, 1.807) is 0 Å². The quantitative estimate of drug-likeness (QED) is 0.582. The number of hydrogen-bond donors (Lipinski definition) is 0. The van der Waals surface area contributed by atoms with Gasteiger partial charge < -0.3 is 8.85 Å². The highest BCUT2D eigenvalue weighted by molar-refractivity contribution is 6.71. The summed E-state index contributed by atoms with van der Waals surface area (Å²) in [6.45, 7) is 7.29. The van der Waals surface area contributed by atoms with Crippen molar-refractivity contribution in [1.82, 2.24) is 0 Å². The summed E-state index contributed by atoms with van der Waals surface area (Å²) in [7, 11) is -1.60. The molecule has 0 radical (unpaired) electrons. The molecule has 1 fully saturated rings. The summed E-state index contributed by atoms with van der Waals surface area (Å²) in [5, 5.41) is 0. The summed E-state index contributed by atoms with van der Waals surface area (Å²) < 4.78 is 12.3. The molecule has 0 aliphatic heterocycles. The van der Waals surface area contributed by atoms with E-state index in [9.17, 15) is 0 Å². The summed E-state index contributed by atoms with van der Waals surface area (Å²) in [6.07, 6.45) is 6.40. The fourth-order valence-corrected chi connectivity index (χ4v) is 3.43. The average molecular weight is 291 g/mol.